The van der Waals surface area contributed by atoms with E-state index in [9.17, 15) is 0 Å². The largest absolute Gasteiger partial charge is 1.00 e. The van der Waals surface area contributed by atoms with Crippen LogP contribution < -0.4 is 95.9 Å². The minimum absolute atomic E-state index is 0. The Bertz CT molecular complexity index is 622. The maximum absolute atomic E-state index is 2.47. The first kappa shape index (κ1) is 62.0. The molecule has 0 rings (SSSR count). The van der Waals surface area contributed by atoms with Crippen molar-refractivity contribution in [1.82, 2.24) is 0 Å². The van der Waals surface area contributed by atoms with Crippen molar-refractivity contribution < 1.29 is 114 Å². The van der Waals surface area contributed by atoms with Gasteiger partial charge in [-0.15, -0.1) is 0 Å². The van der Waals surface area contributed by atoms with Crippen LogP contribution in [0.1, 0.15) is 172 Å². The van der Waals surface area contributed by atoms with Crippen LogP contribution >= 0.6 is 0 Å². The number of halogens is 4. The Hall–Kier alpha value is 2.76. The minimum atomic E-state index is 0. The molecule has 310 valence electrons. The molecular weight excluding hydrogens is 1070 g/mol. The van der Waals surface area contributed by atoms with Gasteiger partial charge in [-0.05, 0) is 144 Å². The summed E-state index contributed by atoms with van der Waals surface area (Å²) in [6.07, 6.45) is 22.5. The summed E-state index contributed by atoms with van der Waals surface area (Å²) in [4.78, 5) is 0. The van der Waals surface area contributed by atoms with Gasteiger partial charge in [-0.1, -0.05) is 27.7 Å². The van der Waals surface area contributed by atoms with Crippen molar-refractivity contribution in [1.29, 1.82) is 0 Å². The molecule has 0 aromatic carbocycles. The van der Waals surface area contributed by atoms with Gasteiger partial charge in [0.1, 0.15) is 0 Å². The highest BCUT2D eigenvalue weighted by Crippen LogP contribution is 2.19. The van der Waals surface area contributed by atoms with E-state index in [4.69, 9.17) is 0 Å². The van der Waals surface area contributed by atoms with Gasteiger partial charge in [0.05, 0.1) is 105 Å². The molecule has 2 atom stereocenters. The monoisotopic (exact) mass is 1160 g/mol. The zero-order valence-electron chi connectivity index (χ0n) is 35.9. The summed E-state index contributed by atoms with van der Waals surface area (Å²) in [6.45, 7) is 46.0. The van der Waals surface area contributed by atoms with Crippen LogP contribution in [0.4, 0.5) is 0 Å². The summed E-state index contributed by atoms with van der Waals surface area (Å²) in [6, 6.07) is 0. The second-order valence-corrected chi connectivity index (χ2v) is 15.7. The Morgan fingerprint density at radius 1 is 0.200 bits per heavy atom. The fourth-order valence-corrected chi connectivity index (χ4v) is 9.20. The van der Waals surface area contributed by atoms with Gasteiger partial charge in [-0.25, -0.2) is 0 Å². The van der Waals surface area contributed by atoms with E-state index in [0.717, 1.165) is 0 Å². The normalized spacial score (nSPS) is 14.0. The van der Waals surface area contributed by atoms with Gasteiger partial charge >= 0.3 is 0 Å². The average molecular weight is 1160 g/mol. The van der Waals surface area contributed by atoms with Crippen LogP contribution in [0.3, 0.4) is 0 Å². The van der Waals surface area contributed by atoms with Crippen LogP contribution in [0.2, 0.25) is 0 Å². The molecule has 0 saturated heterocycles. The van der Waals surface area contributed by atoms with E-state index in [-0.39, 0.29) is 95.9 Å². The number of quaternary nitrogens is 4. The van der Waals surface area contributed by atoms with Crippen LogP contribution in [-0.4, -0.2) is 123 Å². The third-order valence-electron chi connectivity index (χ3n) is 12.9. The number of hydrogen-bond donors (Lipinski definition) is 0. The molecule has 0 amide bonds. The third-order valence-corrected chi connectivity index (χ3v) is 12.9. The van der Waals surface area contributed by atoms with Crippen LogP contribution in [-0.2, 0) is 0 Å². The second kappa shape index (κ2) is 38.6. The van der Waals surface area contributed by atoms with Crippen LogP contribution in [0.25, 0.3) is 0 Å². The molecule has 0 aliphatic rings. The first-order chi connectivity index (χ1) is 22.2. The minimum Gasteiger partial charge on any atom is -1.00 e. The molecule has 0 aromatic heterocycles. The average Bonchev–Trinajstić information content (AvgIpc) is 3.08. The Morgan fingerprint density at radius 3 is 0.520 bits per heavy atom. The smallest absolute Gasteiger partial charge is 0.0786 e. The van der Waals surface area contributed by atoms with Crippen molar-refractivity contribution in [2.75, 3.05) is 105 Å². The molecule has 0 aliphatic carbocycles. The summed E-state index contributed by atoms with van der Waals surface area (Å²) in [5.74, 6) is 0. The fraction of sp³-hybridized carbons (Fsp3) is 1.00. The first-order valence-electron chi connectivity index (χ1n) is 21.6. The molecule has 8 heteroatoms. The third kappa shape index (κ3) is 25.8. The molecule has 0 fully saturated rings. The molecule has 2 unspecified atom stereocenters. The summed E-state index contributed by atoms with van der Waals surface area (Å²) in [5, 5.41) is 0. The van der Waals surface area contributed by atoms with E-state index >= 15 is 0 Å². The van der Waals surface area contributed by atoms with Gasteiger partial charge in [0.15, 0.2) is 0 Å². The van der Waals surface area contributed by atoms with Crippen LogP contribution in [0, 0.1) is 0 Å². The van der Waals surface area contributed by atoms with Gasteiger partial charge in [0.25, 0.3) is 0 Å². The van der Waals surface area contributed by atoms with E-state index in [1.807, 2.05) is 0 Å². The summed E-state index contributed by atoms with van der Waals surface area (Å²) >= 11 is 0. The molecule has 50 heavy (non-hydrogen) atoms. The molecule has 0 aliphatic heterocycles. The van der Waals surface area contributed by atoms with E-state index in [2.05, 4.69) is 69.2 Å². The lowest BCUT2D eigenvalue weighted by atomic mass is 10.1. The Balaban J connectivity index is -0.00000169. The zero-order chi connectivity index (χ0) is 34.6. The molecule has 0 heterocycles. The molecule has 0 saturated carbocycles. The lowest BCUT2D eigenvalue weighted by Gasteiger charge is -2.39. The quantitative estimate of drug-likeness (QED) is 0.0422. The second-order valence-electron chi connectivity index (χ2n) is 15.7. The Morgan fingerprint density at radius 2 is 0.360 bits per heavy atom. The molecule has 0 N–H and O–H groups in total. The van der Waals surface area contributed by atoms with Crippen molar-refractivity contribution in [3.05, 3.63) is 0 Å². The van der Waals surface area contributed by atoms with Gasteiger partial charge < -0.3 is 114 Å². The predicted molar refractivity (Wildman–Crippen MR) is 210 cm³/mol. The maximum atomic E-state index is 2.47. The number of nitrogens with zero attached hydrogens (tertiary/aromatic N) is 4. The fourth-order valence-electron chi connectivity index (χ4n) is 9.20. The van der Waals surface area contributed by atoms with Gasteiger partial charge in [-0.2, -0.15) is 0 Å². The van der Waals surface area contributed by atoms with Gasteiger partial charge in [0.2, 0.25) is 0 Å². The van der Waals surface area contributed by atoms with Gasteiger partial charge in [-0.3, -0.25) is 0 Å². The predicted octanol–water partition coefficient (Wildman–Crippen LogP) is -1.29. The lowest BCUT2D eigenvalue weighted by molar-refractivity contribution is -0.927. The molecule has 0 bridgehead atoms. The first-order valence-corrected chi connectivity index (χ1v) is 21.6. The number of hydrogen-bond acceptors (Lipinski definition) is 0. The molecule has 4 nitrogen and oxygen atoms in total. The van der Waals surface area contributed by atoms with E-state index in [1.54, 1.807) is 0 Å². The zero-order valence-corrected chi connectivity index (χ0v) is 44.6. The van der Waals surface area contributed by atoms with E-state index in [0.29, 0.717) is 0 Å². The van der Waals surface area contributed by atoms with Crippen molar-refractivity contribution in [3.8, 4) is 0 Å². The lowest BCUT2D eigenvalue weighted by Crippen LogP contribution is -3.00. The summed E-state index contributed by atoms with van der Waals surface area (Å²) in [7, 11) is 0. The molecular formula is C42H94I4N4. The van der Waals surface area contributed by atoms with Crippen LogP contribution in [0.5, 0.6) is 0 Å². The van der Waals surface area contributed by atoms with E-state index in [1.165, 1.54) is 225 Å². The van der Waals surface area contributed by atoms with Crippen molar-refractivity contribution >= 4 is 0 Å². The van der Waals surface area contributed by atoms with Crippen molar-refractivity contribution in [2.24, 2.45) is 0 Å². The van der Waals surface area contributed by atoms with E-state index < -0.39 is 0 Å². The SMILES string of the molecule is CCC[N+](CC)(CC)CCCCCC[N+](CC)(CCC)CCCCCC[N+](CC)(CCC)CCCCCC[N+](CC)(CC)CCC.[I-].[I-].[I-].[I-]. The van der Waals surface area contributed by atoms with Crippen molar-refractivity contribution in [3.63, 3.8) is 0 Å². The van der Waals surface area contributed by atoms with Crippen LogP contribution in [0.15, 0.2) is 0 Å². The number of rotatable bonds is 35. The topological polar surface area (TPSA) is 0 Å². The molecule has 0 aromatic rings. The number of unbranched alkanes of at least 4 members (excludes halogenated alkanes) is 9. The summed E-state index contributed by atoms with van der Waals surface area (Å²) < 4.78 is 5.46. The van der Waals surface area contributed by atoms with Crippen molar-refractivity contribution in [2.45, 2.75) is 172 Å². The summed E-state index contributed by atoms with van der Waals surface area (Å²) in [5.41, 5.74) is 0. The Labute approximate surface area is 386 Å². The molecule has 0 spiro atoms. The highest BCUT2D eigenvalue weighted by molar-refractivity contribution is 4.54. The maximum Gasteiger partial charge on any atom is 0.0786 e. The highest BCUT2D eigenvalue weighted by Gasteiger charge is 2.26. The van der Waals surface area contributed by atoms with Gasteiger partial charge in [0, 0.05) is 0 Å². The Kier molecular flexibility index (Phi) is 47.9. The highest BCUT2D eigenvalue weighted by atomic mass is 127. The molecule has 0 radical (unpaired) electrons. The standard InChI is InChI=1S/C42H94N4.4HI/c1-11-33-43(15-5,16-6)37-27-21-23-29-39-45(19-9,35-13-3)41-31-25-26-32-42-46(20-10,36-14-4)40-30-24-22-28-38-44(17-7,18-8)34-12-2;;;;/h11-42H2,1-10H3;4*1H/q+4;;;;/p-4.